The molecule has 25 heavy (non-hydrogen) atoms. The van der Waals surface area contributed by atoms with E-state index in [-0.39, 0.29) is 5.91 Å². The van der Waals surface area contributed by atoms with Gasteiger partial charge >= 0.3 is 0 Å². The highest BCUT2D eigenvalue weighted by Gasteiger charge is 2.13. The number of carbonyl (C=O) groups excluding carboxylic acids is 1. The van der Waals surface area contributed by atoms with Crippen molar-refractivity contribution in [2.24, 2.45) is 0 Å². The van der Waals surface area contributed by atoms with Gasteiger partial charge in [-0.15, -0.1) is 0 Å². The van der Waals surface area contributed by atoms with Crippen LogP contribution >= 0.6 is 0 Å². The Balaban J connectivity index is 1.65. The van der Waals surface area contributed by atoms with Gasteiger partial charge in [-0.2, -0.15) is 0 Å². The topological polar surface area (TPSA) is 34.5 Å². The molecule has 0 radical (unpaired) electrons. The normalized spacial score (nSPS) is 10.5. The summed E-state index contributed by atoms with van der Waals surface area (Å²) in [5, 5.41) is 0. The van der Waals surface area contributed by atoms with Crippen LogP contribution in [-0.2, 0) is 0 Å². The lowest BCUT2D eigenvalue weighted by atomic mass is 10.1. The molecule has 0 aliphatic carbocycles. The predicted octanol–water partition coefficient (Wildman–Crippen LogP) is 3.94. The average molecular weight is 334 g/mol. The van der Waals surface area contributed by atoms with E-state index in [0.29, 0.717) is 18.7 Å². The molecule has 1 aromatic heterocycles. The van der Waals surface area contributed by atoms with Crippen molar-refractivity contribution in [3.05, 3.63) is 84.2 Å². The van der Waals surface area contributed by atoms with Crippen molar-refractivity contribution >= 4 is 5.91 Å². The molecule has 1 amide bonds. The highest BCUT2D eigenvalue weighted by molar-refractivity contribution is 5.94. The number of carbonyl (C=O) groups is 1. The molecule has 0 saturated heterocycles. The summed E-state index contributed by atoms with van der Waals surface area (Å²) in [5.41, 5.74) is 2.82. The van der Waals surface area contributed by atoms with Gasteiger partial charge in [0.05, 0.1) is 6.54 Å². The molecule has 0 unspecified atom stereocenters. The van der Waals surface area contributed by atoms with Crippen LogP contribution < -0.4 is 4.74 Å². The summed E-state index contributed by atoms with van der Waals surface area (Å²) in [7, 11) is 1.80. The van der Waals surface area contributed by atoms with Gasteiger partial charge in [-0.3, -0.25) is 4.79 Å². The fourth-order valence-corrected chi connectivity index (χ4v) is 2.65. The molecule has 1 heterocycles. The minimum absolute atomic E-state index is 0.00920. The molecule has 0 bridgehead atoms. The first-order chi connectivity index (χ1) is 12.1. The number of ether oxygens (including phenoxy) is 1. The van der Waals surface area contributed by atoms with Gasteiger partial charge in [-0.1, -0.05) is 24.3 Å². The Morgan fingerprint density at radius 2 is 1.76 bits per heavy atom. The Morgan fingerprint density at radius 3 is 2.48 bits per heavy atom. The van der Waals surface area contributed by atoms with Gasteiger partial charge in [0, 0.05) is 30.7 Å². The lowest BCUT2D eigenvalue weighted by Gasteiger charge is -2.18. The number of aromatic nitrogens is 1. The van der Waals surface area contributed by atoms with E-state index in [0.717, 1.165) is 17.0 Å². The van der Waals surface area contributed by atoms with E-state index < -0.39 is 0 Å². The van der Waals surface area contributed by atoms with E-state index in [4.69, 9.17) is 4.74 Å². The number of para-hydroxylation sites is 1. The van der Waals surface area contributed by atoms with E-state index in [1.807, 2.05) is 84.5 Å². The number of hydrogen-bond donors (Lipinski definition) is 0. The predicted molar refractivity (Wildman–Crippen MR) is 99.4 cm³/mol. The van der Waals surface area contributed by atoms with Crippen molar-refractivity contribution in [3.63, 3.8) is 0 Å². The average Bonchev–Trinajstić information content (AvgIpc) is 3.17. The van der Waals surface area contributed by atoms with Crippen LogP contribution in [-0.4, -0.2) is 35.6 Å². The maximum absolute atomic E-state index is 12.7. The number of aryl methyl sites for hydroxylation is 1. The summed E-state index contributed by atoms with van der Waals surface area (Å²) in [6.45, 7) is 3.03. The molecule has 128 valence electrons. The van der Waals surface area contributed by atoms with Gasteiger partial charge in [0.15, 0.2) is 0 Å². The van der Waals surface area contributed by atoms with Crippen LogP contribution in [0.2, 0.25) is 0 Å². The molecule has 0 spiro atoms. The number of rotatable bonds is 6. The minimum Gasteiger partial charge on any atom is -0.492 e. The van der Waals surface area contributed by atoms with Crippen LogP contribution in [0.1, 0.15) is 15.9 Å². The van der Waals surface area contributed by atoms with Gasteiger partial charge in [-0.05, 0) is 48.9 Å². The number of amides is 1. The lowest BCUT2D eigenvalue weighted by Crippen LogP contribution is -2.31. The highest BCUT2D eigenvalue weighted by atomic mass is 16.5. The SMILES string of the molecule is Cc1ccc(C(=O)N(C)CCOc2ccccc2)cc1-n1cccc1. The van der Waals surface area contributed by atoms with Crippen LogP contribution in [0.5, 0.6) is 5.75 Å². The van der Waals surface area contributed by atoms with Crippen molar-refractivity contribution in [2.75, 3.05) is 20.2 Å². The van der Waals surface area contributed by atoms with E-state index in [1.165, 1.54) is 0 Å². The van der Waals surface area contributed by atoms with E-state index in [9.17, 15) is 4.79 Å². The maximum atomic E-state index is 12.7. The van der Waals surface area contributed by atoms with Gasteiger partial charge in [0.2, 0.25) is 0 Å². The van der Waals surface area contributed by atoms with Gasteiger partial charge < -0.3 is 14.2 Å². The Hall–Kier alpha value is -3.01. The molecule has 2 aromatic carbocycles. The van der Waals surface area contributed by atoms with Crippen molar-refractivity contribution in [1.29, 1.82) is 0 Å². The monoisotopic (exact) mass is 334 g/mol. The number of nitrogens with zero attached hydrogens (tertiary/aromatic N) is 2. The molecular weight excluding hydrogens is 312 g/mol. The third kappa shape index (κ3) is 4.10. The summed E-state index contributed by atoms with van der Waals surface area (Å²) in [5.74, 6) is 0.804. The third-order valence-electron chi connectivity index (χ3n) is 4.12. The Bertz CT molecular complexity index is 826. The molecule has 3 aromatic rings. The molecule has 3 rings (SSSR count). The second-order valence-corrected chi connectivity index (χ2v) is 5.98. The number of hydrogen-bond acceptors (Lipinski definition) is 2. The van der Waals surface area contributed by atoms with Crippen molar-refractivity contribution in [3.8, 4) is 11.4 Å². The first kappa shape index (κ1) is 16.8. The molecule has 0 aliphatic heterocycles. The quantitative estimate of drug-likeness (QED) is 0.684. The van der Waals surface area contributed by atoms with Crippen molar-refractivity contribution < 1.29 is 9.53 Å². The molecule has 4 nitrogen and oxygen atoms in total. The van der Waals surface area contributed by atoms with Crippen LogP contribution in [0.25, 0.3) is 5.69 Å². The van der Waals surface area contributed by atoms with Crippen LogP contribution in [0.3, 0.4) is 0 Å². The standard InChI is InChI=1S/C21H22N2O2/c1-17-10-11-18(16-20(17)23-12-6-7-13-23)21(24)22(2)14-15-25-19-8-4-3-5-9-19/h3-13,16H,14-15H2,1-2H3. The Kier molecular flexibility index (Phi) is 5.19. The number of likely N-dealkylation sites (N-methyl/N-ethyl adjacent to an activating group) is 1. The molecule has 0 N–H and O–H groups in total. The van der Waals surface area contributed by atoms with Gasteiger partial charge in [0.25, 0.3) is 5.91 Å². The Labute approximate surface area is 148 Å². The largest absolute Gasteiger partial charge is 0.492 e. The third-order valence-corrected chi connectivity index (χ3v) is 4.12. The molecule has 4 heteroatoms. The fraction of sp³-hybridized carbons (Fsp3) is 0.190. The Morgan fingerprint density at radius 1 is 1.04 bits per heavy atom. The minimum atomic E-state index is -0.00920. The molecule has 0 fully saturated rings. The van der Waals surface area contributed by atoms with Gasteiger partial charge in [0.1, 0.15) is 12.4 Å². The summed E-state index contributed by atoms with van der Waals surface area (Å²) in [6.07, 6.45) is 3.96. The first-order valence-electron chi connectivity index (χ1n) is 8.32. The molecule has 0 aliphatic rings. The first-order valence-corrected chi connectivity index (χ1v) is 8.32. The van der Waals surface area contributed by atoms with Crippen LogP contribution in [0.4, 0.5) is 0 Å². The molecule has 0 atom stereocenters. The van der Waals surface area contributed by atoms with Crippen molar-refractivity contribution in [1.82, 2.24) is 9.47 Å². The highest BCUT2D eigenvalue weighted by Crippen LogP contribution is 2.17. The molecule has 0 saturated carbocycles. The summed E-state index contributed by atoms with van der Waals surface area (Å²) in [6, 6.07) is 19.4. The second kappa shape index (κ2) is 7.71. The van der Waals surface area contributed by atoms with E-state index in [2.05, 4.69) is 0 Å². The molecular formula is C21H22N2O2. The number of benzene rings is 2. The van der Waals surface area contributed by atoms with Crippen LogP contribution in [0, 0.1) is 6.92 Å². The summed E-state index contributed by atoms with van der Waals surface area (Å²) in [4.78, 5) is 14.4. The van der Waals surface area contributed by atoms with Crippen LogP contribution in [0.15, 0.2) is 73.1 Å². The van der Waals surface area contributed by atoms with E-state index >= 15 is 0 Å². The van der Waals surface area contributed by atoms with Crippen molar-refractivity contribution in [2.45, 2.75) is 6.92 Å². The van der Waals surface area contributed by atoms with Gasteiger partial charge in [-0.25, -0.2) is 0 Å². The fourth-order valence-electron chi connectivity index (χ4n) is 2.65. The smallest absolute Gasteiger partial charge is 0.253 e. The zero-order valence-electron chi connectivity index (χ0n) is 14.6. The maximum Gasteiger partial charge on any atom is 0.253 e. The van der Waals surface area contributed by atoms with E-state index in [1.54, 1.807) is 11.9 Å². The zero-order valence-corrected chi connectivity index (χ0v) is 14.6. The summed E-state index contributed by atoms with van der Waals surface area (Å²) < 4.78 is 7.68. The summed E-state index contributed by atoms with van der Waals surface area (Å²) >= 11 is 0. The zero-order chi connectivity index (χ0) is 17.6. The lowest BCUT2D eigenvalue weighted by molar-refractivity contribution is 0.0773. The second-order valence-electron chi connectivity index (χ2n) is 5.98.